The molecule has 0 saturated carbocycles. The molecule has 0 aliphatic heterocycles. The molecule has 4 nitrogen and oxygen atoms in total. The summed E-state index contributed by atoms with van der Waals surface area (Å²) in [5.41, 5.74) is 7.16. The van der Waals surface area contributed by atoms with E-state index in [-0.39, 0.29) is 18.0 Å². The lowest BCUT2D eigenvalue weighted by molar-refractivity contribution is -0.122. The Hall–Kier alpha value is -1.39. The van der Waals surface area contributed by atoms with E-state index in [9.17, 15) is 4.79 Å². The average Bonchev–Trinajstić information content (AvgIpc) is 2.45. The molecule has 1 aromatic carbocycles. The third-order valence-electron chi connectivity index (χ3n) is 3.41. The van der Waals surface area contributed by atoms with Gasteiger partial charge in [0.1, 0.15) is 0 Å². The van der Waals surface area contributed by atoms with Gasteiger partial charge in [0, 0.05) is 19.6 Å². The van der Waals surface area contributed by atoms with Gasteiger partial charge in [0.15, 0.2) is 0 Å². The molecule has 1 rings (SSSR count). The lowest BCUT2D eigenvalue weighted by atomic mass is 10.0. The molecule has 0 aliphatic carbocycles. The maximum Gasteiger partial charge on any atom is 0.220 e. The molecule has 1 amide bonds. The molecule has 2 atom stereocenters. The van der Waals surface area contributed by atoms with Crippen molar-refractivity contribution in [3.8, 4) is 0 Å². The molecule has 3 N–H and O–H groups in total. The summed E-state index contributed by atoms with van der Waals surface area (Å²) in [6, 6.07) is 9.82. The van der Waals surface area contributed by atoms with E-state index in [1.54, 1.807) is 7.11 Å². The number of carbonyl (C=O) groups excluding carboxylic acids is 1. The Morgan fingerprint density at radius 1 is 1.30 bits per heavy atom. The van der Waals surface area contributed by atoms with E-state index in [1.807, 2.05) is 30.3 Å². The summed E-state index contributed by atoms with van der Waals surface area (Å²) in [4.78, 5) is 11.9. The summed E-state index contributed by atoms with van der Waals surface area (Å²) in [6.07, 6.45) is 1.08. The summed E-state index contributed by atoms with van der Waals surface area (Å²) in [7, 11) is 1.65. The van der Waals surface area contributed by atoms with Crippen molar-refractivity contribution in [2.45, 2.75) is 38.8 Å². The quantitative estimate of drug-likeness (QED) is 0.766. The van der Waals surface area contributed by atoms with Crippen molar-refractivity contribution in [1.82, 2.24) is 5.32 Å². The molecule has 0 saturated heterocycles. The third kappa shape index (κ3) is 5.72. The van der Waals surface area contributed by atoms with Crippen molar-refractivity contribution in [1.29, 1.82) is 0 Å². The number of ether oxygens (including phenoxy) is 1. The summed E-state index contributed by atoms with van der Waals surface area (Å²) in [5, 5.41) is 3.00. The van der Waals surface area contributed by atoms with E-state index >= 15 is 0 Å². The van der Waals surface area contributed by atoms with Crippen molar-refractivity contribution < 1.29 is 9.53 Å². The first-order chi connectivity index (χ1) is 9.54. The van der Waals surface area contributed by atoms with Gasteiger partial charge in [0.25, 0.3) is 0 Å². The number of hydrogen-bond donors (Lipinski definition) is 2. The predicted molar refractivity (Wildman–Crippen MR) is 81.2 cm³/mol. The highest BCUT2D eigenvalue weighted by atomic mass is 16.5. The van der Waals surface area contributed by atoms with Gasteiger partial charge in [-0.3, -0.25) is 4.79 Å². The van der Waals surface area contributed by atoms with Crippen LogP contribution in [0.5, 0.6) is 0 Å². The van der Waals surface area contributed by atoms with Gasteiger partial charge in [-0.15, -0.1) is 0 Å². The Balaban J connectivity index is 2.39. The van der Waals surface area contributed by atoms with Crippen LogP contribution in [0.25, 0.3) is 0 Å². The van der Waals surface area contributed by atoms with Crippen molar-refractivity contribution in [3.05, 3.63) is 35.9 Å². The molecular formula is C16H26N2O2. The monoisotopic (exact) mass is 278 g/mol. The molecule has 0 radical (unpaired) electrons. The van der Waals surface area contributed by atoms with Crippen LogP contribution in [0, 0.1) is 5.92 Å². The zero-order chi connectivity index (χ0) is 15.0. The van der Waals surface area contributed by atoms with Gasteiger partial charge in [0.05, 0.1) is 12.6 Å². The molecule has 0 aliphatic rings. The largest absolute Gasteiger partial charge is 0.383 e. The lowest BCUT2D eigenvalue weighted by Crippen LogP contribution is -2.41. The number of amides is 1. The van der Waals surface area contributed by atoms with Crippen LogP contribution in [0.15, 0.2) is 30.3 Å². The van der Waals surface area contributed by atoms with E-state index in [0.717, 1.165) is 5.56 Å². The minimum absolute atomic E-state index is 0.0344. The molecule has 0 bridgehead atoms. The van der Waals surface area contributed by atoms with Crippen LogP contribution in [0.2, 0.25) is 0 Å². The maximum atomic E-state index is 11.9. The van der Waals surface area contributed by atoms with Gasteiger partial charge in [-0.05, 0) is 17.9 Å². The van der Waals surface area contributed by atoms with Crippen molar-refractivity contribution >= 4 is 5.91 Å². The number of rotatable bonds is 8. The Kier molecular flexibility index (Phi) is 7.26. The van der Waals surface area contributed by atoms with Crippen LogP contribution in [-0.2, 0) is 9.53 Å². The van der Waals surface area contributed by atoms with Gasteiger partial charge < -0.3 is 15.8 Å². The van der Waals surface area contributed by atoms with Crippen LogP contribution >= 0.6 is 0 Å². The van der Waals surface area contributed by atoms with Crippen molar-refractivity contribution in [2.75, 3.05) is 13.7 Å². The highest BCUT2D eigenvalue weighted by molar-refractivity contribution is 5.76. The molecule has 20 heavy (non-hydrogen) atoms. The molecule has 0 spiro atoms. The Morgan fingerprint density at radius 2 is 1.95 bits per heavy atom. The smallest absolute Gasteiger partial charge is 0.220 e. The molecule has 4 heteroatoms. The van der Waals surface area contributed by atoms with E-state index in [2.05, 4.69) is 19.2 Å². The molecule has 0 fully saturated rings. The number of methoxy groups -OCH3 is 1. The zero-order valence-corrected chi connectivity index (χ0v) is 12.6. The van der Waals surface area contributed by atoms with E-state index in [0.29, 0.717) is 25.4 Å². The first-order valence-electron chi connectivity index (χ1n) is 7.13. The number of carbonyl (C=O) groups is 1. The number of benzene rings is 1. The van der Waals surface area contributed by atoms with E-state index < -0.39 is 0 Å². The minimum Gasteiger partial charge on any atom is -0.383 e. The Labute approximate surface area is 121 Å². The fourth-order valence-electron chi connectivity index (χ4n) is 2.01. The standard InChI is InChI=1S/C16H26N2O2/c1-12(2)15(11-20-3)18-16(19)10-9-14(17)13-7-5-4-6-8-13/h4-8,12,14-15H,9-11,17H2,1-3H3,(H,18,19). The normalized spacial score (nSPS) is 14.1. The highest BCUT2D eigenvalue weighted by Crippen LogP contribution is 2.15. The molecule has 1 aromatic rings. The van der Waals surface area contributed by atoms with Crippen molar-refractivity contribution in [3.63, 3.8) is 0 Å². The lowest BCUT2D eigenvalue weighted by Gasteiger charge is -2.22. The number of nitrogens with one attached hydrogen (secondary N) is 1. The molecule has 2 unspecified atom stereocenters. The Bertz CT molecular complexity index is 393. The average molecular weight is 278 g/mol. The first kappa shape index (κ1) is 16.7. The van der Waals surface area contributed by atoms with E-state index in [4.69, 9.17) is 10.5 Å². The van der Waals surface area contributed by atoms with Gasteiger partial charge >= 0.3 is 0 Å². The second kappa shape index (κ2) is 8.72. The van der Waals surface area contributed by atoms with Crippen molar-refractivity contribution in [2.24, 2.45) is 11.7 Å². The molecule has 0 heterocycles. The zero-order valence-electron chi connectivity index (χ0n) is 12.6. The molecule has 0 aromatic heterocycles. The maximum absolute atomic E-state index is 11.9. The molecule has 112 valence electrons. The van der Waals surface area contributed by atoms with Gasteiger partial charge in [-0.2, -0.15) is 0 Å². The molecular weight excluding hydrogens is 252 g/mol. The third-order valence-corrected chi connectivity index (χ3v) is 3.41. The topological polar surface area (TPSA) is 64.3 Å². The van der Waals surface area contributed by atoms with Crippen LogP contribution in [0.4, 0.5) is 0 Å². The second-order valence-electron chi connectivity index (χ2n) is 5.43. The fraction of sp³-hybridized carbons (Fsp3) is 0.562. The summed E-state index contributed by atoms with van der Waals surface area (Å²) >= 11 is 0. The van der Waals surface area contributed by atoms with Crippen LogP contribution in [-0.4, -0.2) is 25.7 Å². The predicted octanol–water partition coefficient (Wildman–Crippen LogP) is 2.25. The SMILES string of the molecule is COCC(NC(=O)CCC(N)c1ccccc1)C(C)C. The van der Waals surface area contributed by atoms with E-state index in [1.165, 1.54) is 0 Å². The summed E-state index contributed by atoms with van der Waals surface area (Å²) in [6.45, 7) is 4.67. The highest BCUT2D eigenvalue weighted by Gasteiger charge is 2.16. The fourth-order valence-corrected chi connectivity index (χ4v) is 2.01. The summed E-state index contributed by atoms with van der Waals surface area (Å²) < 4.78 is 5.12. The van der Waals surface area contributed by atoms with Gasteiger partial charge in [-0.25, -0.2) is 0 Å². The van der Waals surface area contributed by atoms with Gasteiger partial charge in [0.2, 0.25) is 5.91 Å². The Morgan fingerprint density at radius 3 is 2.50 bits per heavy atom. The minimum atomic E-state index is -0.0955. The van der Waals surface area contributed by atoms with Crippen LogP contribution in [0.3, 0.4) is 0 Å². The van der Waals surface area contributed by atoms with Crippen LogP contribution < -0.4 is 11.1 Å². The number of nitrogens with two attached hydrogens (primary N) is 1. The van der Waals surface area contributed by atoms with Crippen LogP contribution in [0.1, 0.15) is 38.3 Å². The second-order valence-corrected chi connectivity index (χ2v) is 5.43. The first-order valence-corrected chi connectivity index (χ1v) is 7.13. The van der Waals surface area contributed by atoms with Gasteiger partial charge in [-0.1, -0.05) is 44.2 Å². The summed E-state index contributed by atoms with van der Waals surface area (Å²) in [5.74, 6) is 0.383. The number of hydrogen-bond acceptors (Lipinski definition) is 3.